The molecule has 1 fully saturated rings. The summed E-state index contributed by atoms with van der Waals surface area (Å²) in [6.45, 7) is 5.26. The second kappa shape index (κ2) is 9.31. The molecule has 0 spiro atoms. The summed E-state index contributed by atoms with van der Waals surface area (Å²) in [5.74, 6) is -5.44. The summed E-state index contributed by atoms with van der Waals surface area (Å²) in [6, 6.07) is 0. The van der Waals surface area contributed by atoms with Crippen molar-refractivity contribution < 1.29 is 47.7 Å². The number of carbonyl (C=O) groups excluding carboxylic acids is 5. The summed E-state index contributed by atoms with van der Waals surface area (Å²) in [6.07, 6.45) is -3.85. The first-order valence-corrected chi connectivity index (χ1v) is 8.08. The molecule has 0 unspecified atom stereocenters. The summed E-state index contributed by atoms with van der Waals surface area (Å²) >= 11 is 0. The van der Waals surface area contributed by atoms with Crippen molar-refractivity contribution in [2.45, 2.75) is 65.3 Å². The van der Waals surface area contributed by atoms with E-state index in [9.17, 15) is 24.0 Å². The van der Waals surface area contributed by atoms with Crippen LogP contribution in [0.2, 0.25) is 0 Å². The van der Waals surface area contributed by atoms with E-state index < -0.39 is 60.6 Å². The first-order chi connectivity index (χ1) is 12.4. The van der Waals surface area contributed by atoms with Crippen molar-refractivity contribution in [1.82, 2.24) is 5.32 Å². The lowest BCUT2D eigenvalue weighted by Gasteiger charge is -2.45. The molecule has 1 rings (SSSR count). The van der Waals surface area contributed by atoms with Crippen LogP contribution in [0.5, 0.6) is 0 Å². The topological polar surface area (TPSA) is 144 Å². The quantitative estimate of drug-likeness (QED) is 0.360. The lowest BCUT2D eigenvalue weighted by Crippen LogP contribution is -2.65. The van der Waals surface area contributed by atoms with Gasteiger partial charge in [-0.25, -0.2) is 0 Å². The summed E-state index contributed by atoms with van der Waals surface area (Å²) in [5.41, 5.74) is 0. The highest BCUT2D eigenvalue weighted by molar-refractivity contribution is 5.74. The SMILES string of the molecule is CC(=O)N[C@]1(OC(C)=O)C[C@@H](OC(C)=O)[C@H](OC(C)=O)[C@@H](COC(C)=O)O1. The van der Waals surface area contributed by atoms with Crippen LogP contribution in [0.3, 0.4) is 0 Å². The highest BCUT2D eigenvalue weighted by atomic mass is 16.8. The van der Waals surface area contributed by atoms with E-state index in [2.05, 4.69) is 5.32 Å². The number of hydrogen-bond donors (Lipinski definition) is 1. The lowest BCUT2D eigenvalue weighted by atomic mass is 9.98. The maximum atomic E-state index is 11.6. The van der Waals surface area contributed by atoms with Crippen molar-refractivity contribution in [2.24, 2.45) is 0 Å². The van der Waals surface area contributed by atoms with Gasteiger partial charge in [-0.2, -0.15) is 0 Å². The molecule has 11 heteroatoms. The van der Waals surface area contributed by atoms with Crippen molar-refractivity contribution in [3.8, 4) is 0 Å². The molecule has 0 aliphatic carbocycles. The van der Waals surface area contributed by atoms with Gasteiger partial charge in [0.25, 0.3) is 0 Å². The van der Waals surface area contributed by atoms with Gasteiger partial charge in [0.15, 0.2) is 6.10 Å². The van der Waals surface area contributed by atoms with Crippen LogP contribution < -0.4 is 5.32 Å². The Morgan fingerprint density at radius 3 is 1.96 bits per heavy atom. The van der Waals surface area contributed by atoms with Crippen LogP contribution in [-0.4, -0.2) is 60.6 Å². The van der Waals surface area contributed by atoms with E-state index in [-0.39, 0.29) is 6.42 Å². The first kappa shape index (κ1) is 22.4. The molecule has 1 aliphatic heterocycles. The maximum absolute atomic E-state index is 11.6. The number of esters is 4. The van der Waals surface area contributed by atoms with E-state index in [4.69, 9.17) is 23.7 Å². The number of carbonyl (C=O) groups is 5. The minimum atomic E-state index is -2.00. The molecule has 1 aliphatic rings. The van der Waals surface area contributed by atoms with Crippen LogP contribution in [0.25, 0.3) is 0 Å². The molecule has 27 heavy (non-hydrogen) atoms. The number of rotatable bonds is 6. The Morgan fingerprint density at radius 1 is 0.926 bits per heavy atom. The highest BCUT2D eigenvalue weighted by Crippen LogP contribution is 2.33. The molecule has 11 nitrogen and oxygen atoms in total. The molecule has 0 aromatic rings. The summed E-state index contributed by atoms with van der Waals surface area (Å²) in [5, 5.41) is 2.34. The summed E-state index contributed by atoms with van der Waals surface area (Å²) < 4.78 is 26.0. The van der Waals surface area contributed by atoms with Crippen LogP contribution in [0, 0.1) is 0 Å². The zero-order valence-corrected chi connectivity index (χ0v) is 15.7. The Balaban J connectivity index is 3.29. The van der Waals surface area contributed by atoms with Crippen LogP contribution in [-0.2, 0) is 47.7 Å². The second-order valence-corrected chi connectivity index (χ2v) is 5.91. The van der Waals surface area contributed by atoms with Gasteiger partial charge in [-0.05, 0) is 0 Å². The molecule has 1 N–H and O–H groups in total. The largest absolute Gasteiger partial charge is 0.463 e. The Labute approximate surface area is 155 Å². The molecule has 0 aromatic heterocycles. The average molecular weight is 389 g/mol. The van der Waals surface area contributed by atoms with Crippen molar-refractivity contribution >= 4 is 29.8 Å². The molecular formula is C16H23NO10. The lowest BCUT2D eigenvalue weighted by molar-refractivity contribution is -0.322. The highest BCUT2D eigenvalue weighted by Gasteiger charge is 2.53. The van der Waals surface area contributed by atoms with E-state index in [1.165, 1.54) is 0 Å². The standard InChI is InChI=1S/C16H23NO10/c1-8(18)17-16(26-12(5)22)6-13(24-10(3)20)15(25-11(4)21)14(27-16)7-23-9(2)19/h13-15H,6-7H2,1-5H3,(H,17,18)/t13-,14-,15+,16+/m1/s1. The fraction of sp³-hybridized carbons (Fsp3) is 0.688. The fourth-order valence-electron chi connectivity index (χ4n) is 2.65. The van der Waals surface area contributed by atoms with E-state index in [0.717, 1.165) is 34.6 Å². The number of amides is 1. The fourth-order valence-corrected chi connectivity index (χ4v) is 2.65. The maximum Gasteiger partial charge on any atom is 0.306 e. The molecular weight excluding hydrogens is 366 g/mol. The molecule has 0 aromatic carbocycles. The average Bonchev–Trinajstić information content (AvgIpc) is 2.45. The van der Waals surface area contributed by atoms with Gasteiger partial charge in [0, 0.05) is 34.6 Å². The van der Waals surface area contributed by atoms with Crippen molar-refractivity contribution in [2.75, 3.05) is 6.61 Å². The Hall–Kier alpha value is -2.69. The normalized spacial score (nSPS) is 27.1. The molecule has 0 radical (unpaired) electrons. The molecule has 4 atom stereocenters. The molecule has 0 bridgehead atoms. The Bertz CT molecular complexity index is 600. The smallest absolute Gasteiger partial charge is 0.306 e. The van der Waals surface area contributed by atoms with E-state index >= 15 is 0 Å². The Morgan fingerprint density at radius 2 is 1.52 bits per heavy atom. The minimum absolute atomic E-state index is 0.347. The number of nitrogens with one attached hydrogen (secondary N) is 1. The first-order valence-electron chi connectivity index (χ1n) is 8.08. The third-order valence-corrected chi connectivity index (χ3v) is 3.29. The second-order valence-electron chi connectivity index (χ2n) is 5.91. The zero-order valence-electron chi connectivity index (χ0n) is 15.7. The van der Waals surface area contributed by atoms with Gasteiger partial charge in [-0.1, -0.05) is 0 Å². The molecule has 0 saturated carbocycles. The summed E-state index contributed by atoms with van der Waals surface area (Å²) in [7, 11) is 0. The van der Waals surface area contributed by atoms with Gasteiger partial charge < -0.3 is 23.7 Å². The predicted octanol–water partition coefficient (Wildman–Crippen LogP) is -0.445. The third-order valence-electron chi connectivity index (χ3n) is 3.29. The van der Waals surface area contributed by atoms with Crippen LogP contribution >= 0.6 is 0 Å². The Kier molecular flexibility index (Phi) is 7.70. The third kappa shape index (κ3) is 7.21. The minimum Gasteiger partial charge on any atom is -0.463 e. The van der Waals surface area contributed by atoms with Gasteiger partial charge in [0.1, 0.15) is 18.8 Å². The predicted molar refractivity (Wildman–Crippen MR) is 85.5 cm³/mol. The van der Waals surface area contributed by atoms with Gasteiger partial charge in [0.2, 0.25) is 5.91 Å². The molecule has 1 heterocycles. The van der Waals surface area contributed by atoms with Crippen molar-refractivity contribution in [3.05, 3.63) is 0 Å². The van der Waals surface area contributed by atoms with Crippen LogP contribution in [0.1, 0.15) is 41.0 Å². The van der Waals surface area contributed by atoms with Gasteiger partial charge in [0.05, 0.1) is 6.42 Å². The van der Waals surface area contributed by atoms with Gasteiger partial charge in [-0.15, -0.1) is 0 Å². The van der Waals surface area contributed by atoms with Crippen molar-refractivity contribution in [1.29, 1.82) is 0 Å². The number of hydrogen-bond acceptors (Lipinski definition) is 10. The van der Waals surface area contributed by atoms with Crippen LogP contribution in [0.4, 0.5) is 0 Å². The summed E-state index contributed by atoms with van der Waals surface area (Å²) in [4.78, 5) is 57.2. The van der Waals surface area contributed by atoms with Crippen molar-refractivity contribution in [3.63, 3.8) is 0 Å². The van der Waals surface area contributed by atoms with Gasteiger partial charge >= 0.3 is 29.8 Å². The van der Waals surface area contributed by atoms with E-state index in [0.29, 0.717) is 0 Å². The van der Waals surface area contributed by atoms with Crippen LogP contribution in [0.15, 0.2) is 0 Å². The van der Waals surface area contributed by atoms with E-state index in [1.807, 2.05) is 0 Å². The monoisotopic (exact) mass is 389 g/mol. The zero-order chi connectivity index (χ0) is 20.8. The molecule has 1 saturated heterocycles. The van der Waals surface area contributed by atoms with E-state index in [1.54, 1.807) is 0 Å². The number of ether oxygens (including phenoxy) is 5. The van der Waals surface area contributed by atoms with Gasteiger partial charge in [-0.3, -0.25) is 29.3 Å². The molecule has 1 amide bonds. The molecule has 152 valence electrons.